The molecule has 7 nitrogen and oxygen atoms in total. The molecule has 35 heavy (non-hydrogen) atoms. The summed E-state index contributed by atoms with van der Waals surface area (Å²) < 4.78 is 5.74. The zero-order valence-electron chi connectivity index (χ0n) is 20.1. The Labute approximate surface area is 209 Å². The number of rotatable bonds is 7. The molecule has 1 aliphatic heterocycles. The van der Waals surface area contributed by atoms with Crippen molar-refractivity contribution in [1.29, 1.82) is 5.26 Å². The summed E-state index contributed by atoms with van der Waals surface area (Å²) in [6, 6.07) is 14.0. The monoisotopic (exact) mass is 487 g/mol. The van der Waals surface area contributed by atoms with Gasteiger partial charge in [-0.3, -0.25) is 9.69 Å². The molecule has 1 aliphatic carbocycles. The lowest BCUT2D eigenvalue weighted by molar-refractivity contribution is -0.122. The van der Waals surface area contributed by atoms with Crippen LogP contribution in [0.25, 0.3) is 21.1 Å². The molecule has 180 valence electrons. The Bertz CT molecular complexity index is 1270. The topological polar surface area (TPSA) is 91.1 Å². The number of ether oxygens (including phenoxy) is 1. The van der Waals surface area contributed by atoms with Gasteiger partial charge in [0.2, 0.25) is 5.91 Å². The van der Waals surface area contributed by atoms with Crippen molar-refractivity contribution in [2.75, 3.05) is 19.6 Å². The number of benzene rings is 2. The van der Waals surface area contributed by atoms with E-state index in [1.54, 1.807) is 0 Å². The van der Waals surface area contributed by atoms with Crippen molar-refractivity contribution >= 4 is 17.2 Å². The lowest BCUT2D eigenvalue weighted by Crippen LogP contribution is -2.37. The van der Waals surface area contributed by atoms with Gasteiger partial charge in [-0.1, -0.05) is 29.5 Å². The van der Waals surface area contributed by atoms with Gasteiger partial charge in [0.1, 0.15) is 21.8 Å². The number of carbonyl (C=O) groups is 1. The van der Waals surface area contributed by atoms with Crippen LogP contribution in [0.3, 0.4) is 0 Å². The van der Waals surface area contributed by atoms with Crippen molar-refractivity contribution in [2.24, 2.45) is 0 Å². The van der Waals surface area contributed by atoms with Crippen LogP contribution in [0.5, 0.6) is 5.75 Å². The summed E-state index contributed by atoms with van der Waals surface area (Å²) in [5.74, 6) is 0.682. The Balaban J connectivity index is 1.35. The maximum Gasteiger partial charge on any atom is 0.234 e. The van der Waals surface area contributed by atoms with Gasteiger partial charge in [-0.05, 0) is 81.9 Å². The van der Waals surface area contributed by atoms with E-state index in [0.29, 0.717) is 17.9 Å². The van der Waals surface area contributed by atoms with E-state index in [1.807, 2.05) is 38.1 Å². The second-order valence-electron chi connectivity index (χ2n) is 9.42. The number of fused-ring (bicyclic) bond motifs is 1. The average Bonchev–Trinajstić information content (AvgIpc) is 3.61. The van der Waals surface area contributed by atoms with Crippen LogP contribution in [-0.2, 0) is 11.2 Å². The number of likely N-dealkylation sites (tertiary alicyclic amines) is 1. The van der Waals surface area contributed by atoms with E-state index in [-0.39, 0.29) is 18.1 Å². The minimum absolute atomic E-state index is 0.00455. The summed E-state index contributed by atoms with van der Waals surface area (Å²) in [5.41, 5.74) is 4.82. The molecule has 0 spiro atoms. The predicted molar refractivity (Wildman–Crippen MR) is 136 cm³/mol. The fraction of sp³-hybridized carbons (Fsp3) is 0.407. The molecule has 0 unspecified atom stereocenters. The second-order valence-corrected chi connectivity index (χ2v) is 10.4. The third kappa shape index (κ3) is 5.07. The average molecular weight is 488 g/mol. The van der Waals surface area contributed by atoms with Gasteiger partial charge in [0.15, 0.2) is 0 Å². The van der Waals surface area contributed by atoms with Crippen molar-refractivity contribution in [3.05, 3.63) is 53.1 Å². The molecule has 0 bridgehead atoms. The summed E-state index contributed by atoms with van der Waals surface area (Å²) in [6.45, 7) is 6.39. The Morgan fingerprint density at radius 1 is 1.23 bits per heavy atom. The summed E-state index contributed by atoms with van der Waals surface area (Å²) in [6.07, 6.45) is 4.15. The lowest BCUT2D eigenvalue weighted by Gasteiger charge is -2.18. The molecule has 2 aromatic carbocycles. The van der Waals surface area contributed by atoms with Gasteiger partial charge in [-0.15, -0.1) is 10.2 Å². The van der Waals surface area contributed by atoms with E-state index >= 15 is 0 Å². The Hall–Kier alpha value is -3.28. The first kappa shape index (κ1) is 23.5. The van der Waals surface area contributed by atoms with Crippen LogP contribution in [0.4, 0.5) is 0 Å². The molecule has 1 fully saturated rings. The van der Waals surface area contributed by atoms with Crippen LogP contribution in [0.1, 0.15) is 55.8 Å². The Kier molecular flexibility index (Phi) is 6.80. The van der Waals surface area contributed by atoms with Crippen molar-refractivity contribution in [3.8, 4) is 33.0 Å². The van der Waals surface area contributed by atoms with Crippen LogP contribution in [0.2, 0.25) is 0 Å². The standard InChI is InChI=1S/C27H29N5O2S/c1-17(2)34-24-11-8-18(14-19(24)15-28)26-30-31-27(35-26)22-7-5-6-21-20(22)9-10-23(21)29-25(33)16-32-12-3-4-13-32/h5-8,11,14,17,23H,3-4,9-10,12-13,16H2,1-2H3,(H,29,33)/t23-/m0/s1. The number of nitrogens with one attached hydrogen (secondary N) is 1. The molecular formula is C27H29N5O2S. The van der Waals surface area contributed by atoms with Crippen molar-refractivity contribution in [3.63, 3.8) is 0 Å². The molecule has 3 aromatic rings. The largest absolute Gasteiger partial charge is 0.490 e. The molecule has 0 saturated carbocycles. The van der Waals surface area contributed by atoms with Crippen LogP contribution < -0.4 is 10.1 Å². The molecule has 2 aliphatic rings. The van der Waals surface area contributed by atoms with E-state index in [1.165, 1.54) is 35.3 Å². The molecule has 8 heteroatoms. The van der Waals surface area contributed by atoms with Gasteiger partial charge in [0.25, 0.3) is 0 Å². The highest BCUT2D eigenvalue weighted by Gasteiger charge is 2.28. The highest BCUT2D eigenvalue weighted by atomic mass is 32.1. The zero-order chi connectivity index (χ0) is 24.4. The maximum absolute atomic E-state index is 12.6. The number of nitrogens with zero attached hydrogens (tertiary/aromatic N) is 4. The lowest BCUT2D eigenvalue weighted by atomic mass is 10.0. The molecule has 0 radical (unpaired) electrons. The fourth-order valence-electron chi connectivity index (χ4n) is 4.94. The molecule has 1 atom stereocenters. The second kappa shape index (κ2) is 10.1. The van der Waals surface area contributed by atoms with E-state index in [4.69, 9.17) is 4.74 Å². The number of carbonyl (C=O) groups excluding carboxylic acids is 1. The smallest absolute Gasteiger partial charge is 0.234 e. The normalized spacial score (nSPS) is 17.4. The summed E-state index contributed by atoms with van der Waals surface area (Å²) in [5, 5.41) is 23.3. The van der Waals surface area contributed by atoms with Crippen molar-refractivity contribution in [1.82, 2.24) is 20.4 Å². The first-order valence-electron chi connectivity index (χ1n) is 12.2. The van der Waals surface area contributed by atoms with Crippen molar-refractivity contribution in [2.45, 2.75) is 51.7 Å². The SMILES string of the molecule is CC(C)Oc1ccc(-c2nnc(-c3cccc4c3CC[C@@H]4NC(=O)CN3CCCC3)s2)cc1C#N. The number of nitriles is 1. The van der Waals surface area contributed by atoms with Gasteiger partial charge in [0.05, 0.1) is 24.3 Å². The molecule has 5 rings (SSSR count). The first-order valence-corrected chi connectivity index (χ1v) is 13.0. The van der Waals surface area contributed by atoms with Crippen molar-refractivity contribution < 1.29 is 9.53 Å². The molecule has 1 aromatic heterocycles. The van der Waals surface area contributed by atoms with Gasteiger partial charge in [-0.2, -0.15) is 5.26 Å². The summed E-state index contributed by atoms with van der Waals surface area (Å²) in [4.78, 5) is 14.8. The Morgan fingerprint density at radius 2 is 2.03 bits per heavy atom. The minimum atomic E-state index is -0.00455. The van der Waals surface area contributed by atoms with E-state index in [2.05, 4.69) is 38.6 Å². The zero-order valence-corrected chi connectivity index (χ0v) is 20.9. The highest BCUT2D eigenvalue weighted by Crippen LogP contribution is 2.40. The third-order valence-corrected chi connectivity index (χ3v) is 7.54. The van der Waals surface area contributed by atoms with Crippen LogP contribution in [0.15, 0.2) is 36.4 Å². The number of hydrogen-bond acceptors (Lipinski definition) is 7. The predicted octanol–water partition coefficient (Wildman–Crippen LogP) is 4.73. The van der Waals surface area contributed by atoms with E-state index in [0.717, 1.165) is 47.1 Å². The number of aromatic nitrogens is 2. The van der Waals surface area contributed by atoms with Gasteiger partial charge >= 0.3 is 0 Å². The first-order chi connectivity index (χ1) is 17.0. The van der Waals surface area contributed by atoms with E-state index < -0.39 is 0 Å². The molecule has 2 heterocycles. The fourth-order valence-corrected chi connectivity index (χ4v) is 5.84. The van der Waals surface area contributed by atoms with Gasteiger partial charge < -0.3 is 10.1 Å². The summed E-state index contributed by atoms with van der Waals surface area (Å²) >= 11 is 1.51. The van der Waals surface area contributed by atoms with Crippen LogP contribution >= 0.6 is 11.3 Å². The van der Waals surface area contributed by atoms with Gasteiger partial charge in [0, 0.05) is 11.1 Å². The molecule has 1 amide bonds. The quantitative estimate of drug-likeness (QED) is 0.518. The number of amides is 1. The molecular weight excluding hydrogens is 458 g/mol. The van der Waals surface area contributed by atoms with E-state index in [9.17, 15) is 10.1 Å². The third-order valence-electron chi connectivity index (χ3n) is 6.54. The van der Waals surface area contributed by atoms with Crippen LogP contribution in [0, 0.1) is 11.3 Å². The minimum Gasteiger partial charge on any atom is -0.490 e. The number of hydrogen-bond donors (Lipinski definition) is 1. The molecule has 1 saturated heterocycles. The van der Waals surface area contributed by atoms with Crippen LogP contribution in [-0.4, -0.2) is 46.7 Å². The van der Waals surface area contributed by atoms with Gasteiger partial charge in [-0.25, -0.2) is 0 Å². The summed E-state index contributed by atoms with van der Waals surface area (Å²) in [7, 11) is 0. The Morgan fingerprint density at radius 3 is 2.80 bits per heavy atom. The highest BCUT2D eigenvalue weighted by molar-refractivity contribution is 7.17. The molecule has 1 N–H and O–H groups in total. The maximum atomic E-state index is 12.6.